The van der Waals surface area contributed by atoms with Gasteiger partial charge in [-0.3, -0.25) is 9.78 Å². The number of anilines is 1. The molecule has 0 unspecified atom stereocenters. The summed E-state index contributed by atoms with van der Waals surface area (Å²) in [5, 5.41) is 21.4. The lowest BCUT2D eigenvalue weighted by molar-refractivity contribution is 0.474. The number of aromatic hydroxyl groups is 1. The number of phenolic OH excluding ortho intramolecular Hbond substituents is 1. The second kappa shape index (κ2) is 6.27. The largest absolute Gasteiger partial charge is 0.507 e. The topological polar surface area (TPSA) is 103 Å². The number of H-pyrrole nitrogens is 1. The van der Waals surface area contributed by atoms with Gasteiger partial charge in [0.05, 0.1) is 6.21 Å². The zero-order valence-electron chi connectivity index (χ0n) is 12.4. The molecule has 22 heavy (non-hydrogen) atoms. The Kier molecular flexibility index (Phi) is 4.60. The Bertz CT molecular complexity index is 765. The lowest BCUT2D eigenvalue weighted by Gasteiger charge is -2.15. The van der Waals surface area contributed by atoms with Crippen LogP contribution in [-0.4, -0.2) is 26.5 Å². The number of nitrogens with zero attached hydrogens (tertiary/aromatic N) is 3. The molecule has 1 heterocycles. The van der Waals surface area contributed by atoms with Crippen LogP contribution in [0.4, 0.5) is 5.95 Å². The Balaban J connectivity index is 2.15. The van der Waals surface area contributed by atoms with Crippen molar-refractivity contribution in [2.75, 3.05) is 5.43 Å². The molecule has 116 valence electrons. The van der Waals surface area contributed by atoms with Crippen molar-refractivity contribution in [3.05, 3.63) is 44.3 Å². The fraction of sp³-hybridized carbons (Fsp3) is 0.286. The zero-order valence-corrected chi connectivity index (χ0v) is 14.0. The first-order chi connectivity index (χ1) is 10.3. The minimum absolute atomic E-state index is 0.0939. The Morgan fingerprint density at radius 1 is 1.36 bits per heavy atom. The Labute approximate surface area is 135 Å². The molecule has 2 aromatic rings. The van der Waals surface area contributed by atoms with E-state index < -0.39 is 0 Å². The van der Waals surface area contributed by atoms with Crippen LogP contribution >= 0.6 is 15.9 Å². The van der Waals surface area contributed by atoms with Gasteiger partial charge in [0.25, 0.3) is 5.56 Å². The SMILES string of the molecule is CC(C)(C)c1nnc(N/N=C\c2cc(Br)ccc2O)[nH]c1=O. The highest BCUT2D eigenvalue weighted by Crippen LogP contribution is 2.20. The first-order valence-corrected chi connectivity index (χ1v) is 7.32. The van der Waals surface area contributed by atoms with Gasteiger partial charge in [-0.05, 0) is 18.2 Å². The van der Waals surface area contributed by atoms with Gasteiger partial charge in [0, 0.05) is 15.5 Å². The molecule has 0 aliphatic heterocycles. The zero-order chi connectivity index (χ0) is 16.3. The minimum atomic E-state index is -0.384. The predicted octanol–water partition coefficient (Wildman–Crippen LogP) is 2.38. The van der Waals surface area contributed by atoms with Crippen LogP contribution in [0.25, 0.3) is 0 Å². The molecule has 0 saturated heterocycles. The van der Waals surface area contributed by atoms with E-state index in [-0.39, 0.29) is 22.7 Å². The Hall–Kier alpha value is -2.22. The fourth-order valence-corrected chi connectivity index (χ4v) is 2.05. The molecule has 0 radical (unpaired) electrons. The first-order valence-electron chi connectivity index (χ1n) is 6.52. The number of hydrazone groups is 1. The van der Waals surface area contributed by atoms with E-state index in [0.717, 1.165) is 4.47 Å². The quantitative estimate of drug-likeness (QED) is 0.572. The molecule has 0 fully saturated rings. The molecule has 1 aromatic heterocycles. The summed E-state index contributed by atoms with van der Waals surface area (Å²) in [5.74, 6) is 0.222. The summed E-state index contributed by atoms with van der Waals surface area (Å²) in [6, 6.07) is 4.97. The molecule has 0 atom stereocenters. The number of phenols is 1. The van der Waals surface area contributed by atoms with Gasteiger partial charge in [-0.1, -0.05) is 36.7 Å². The summed E-state index contributed by atoms with van der Waals surface area (Å²) in [7, 11) is 0. The number of hydrogen-bond donors (Lipinski definition) is 3. The molecule has 0 amide bonds. The van der Waals surface area contributed by atoms with E-state index in [1.54, 1.807) is 18.2 Å². The summed E-state index contributed by atoms with van der Waals surface area (Å²) >= 11 is 3.31. The molecule has 0 aliphatic carbocycles. The van der Waals surface area contributed by atoms with E-state index in [2.05, 4.69) is 41.6 Å². The number of aromatic amines is 1. The molecule has 2 rings (SSSR count). The fourth-order valence-electron chi connectivity index (χ4n) is 1.67. The second-order valence-electron chi connectivity index (χ2n) is 5.67. The third kappa shape index (κ3) is 3.91. The molecule has 0 aliphatic rings. The van der Waals surface area contributed by atoms with Gasteiger partial charge in [0.15, 0.2) is 0 Å². The van der Waals surface area contributed by atoms with Crippen molar-refractivity contribution in [3.8, 4) is 5.75 Å². The molecule has 0 spiro atoms. The van der Waals surface area contributed by atoms with Gasteiger partial charge >= 0.3 is 0 Å². The van der Waals surface area contributed by atoms with E-state index in [0.29, 0.717) is 11.3 Å². The van der Waals surface area contributed by atoms with Crippen LogP contribution in [0.5, 0.6) is 5.75 Å². The number of hydrogen-bond acceptors (Lipinski definition) is 6. The van der Waals surface area contributed by atoms with E-state index in [9.17, 15) is 9.90 Å². The van der Waals surface area contributed by atoms with Gasteiger partial charge in [0.2, 0.25) is 5.95 Å². The maximum atomic E-state index is 11.9. The number of aromatic nitrogens is 3. The summed E-state index contributed by atoms with van der Waals surface area (Å²) in [4.78, 5) is 14.5. The standard InChI is InChI=1S/C14H16BrN5O2/c1-14(2,3)11-12(22)17-13(20-18-11)19-16-7-8-6-9(15)4-5-10(8)21/h4-7,21H,1-3H3,(H2,17,19,20,22)/b16-7-. The predicted molar refractivity (Wildman–Crippen MR) is 88.4 cm³/mol. The third-order valence-electron chi connectivity index (χ3n) is 2.77. The van der Waals surface area contributed by atoms with Crippen molar-refractivity contribution in [1.29, 1.82) is 0 Å². The van der Waals surface area contributed by atoms with E-state index in [4.69, 9.17) is 0 Å². The highest BCUT2D eigenvalue weighted by molar-refractivity contribution is 9.10. The molecule has 0 bridgehead atoms. The average Bonchev–Trinajstić information content (AvgIpc) is 2.41. The van der Waals surface area contributed by atoms with Gasteiger partial charge in [-0.25, -0.2) is 5.43 Å². The minimum Gasteiger partial charge on any atom is -0.507 e. The highest BCUT2D eigenvalue weighted by Gasteiger charge is 2.20. The number of rotatable bonds is 3. The average molecular weight is 366 g/mol. The van der Waals surface area contributed by atoms with Crippen LogP contribution in [-0.2, 0) is 5.41 Å². The van der Waals surface area contributed by atoms with Crippen molar-refractivity contribution in [1.82, 2.24) is 15.2 Å². The van der Waals surface area contributed by atoms with Crippen molar-refractivity contribution >= 4 is 28.1 Å². The molecule has 8 heteroatoms. The van der Waals surface area contributed by atoms with Crippen LogP contribution in [0.2, 0.25) is 0 Å². The van der Waals surface area contributed by atoms with Crippen molar-refractivity contribution in [3.63, 3.8) is 0 Å². The van der Waals surface area contributed by atoms with Crippen LogP contribution in [0, 0.1) is 0 Å². The van der Waals surface area contributed by atoms with Crippen LogP contribution in [0.3, 0.4) is 0 Å². The third-order valence-corrected chi connectivity index (χ3v) is 3.26. The lowest BCUT2D eigenvalue weighted by Crippen LogP contribution is -2.28. The number of nitrogens with one attached hydrogen (secondary N) is 2. The molecule has 3 N–H and O–H groups in total. The van der Waals surface area contributed by atoms with Gasteiger partial charge in [-0.2, -0.15) is 5.10 Å². The Morgan fingerprint density at radius 2 is 2.09 bits per heavy atom. The molecular weight excluding hydrogens is 350 g/mol. The van der Waals surface area contributed by atoms with Crippen molar-refractivity contribution < 1.29 is 5.11 Å². The van der Waals surface area contributed by atoms with E-state index >= 15 is 0 Å². The highest BCUT2D eigenvalue weighted by atomic mass is 79.9. The maximum Gasteiger partial charge on any atom is 0.274 e. The smallest absolute Gasteiger partial charge is 0.274 e. The summed E-state index contributed by atoms with van der Waals surface area (Å²) < 4.78 is 0.814. The monoisotopic (exact) mass is 365 g/mol. The molecule has 1 aromatic carbocycles. The van der Waals surface area contributed by atoms with Gasteiger partial charge in [0.1, 0.15) is 11.4 Å². The van der Waals surface area contributed by atoms with Crippen LogP contribution in [0.1, 0.15) is 32.0 Å². The van der Waals surface area contributed by atoms with E-state index in [1.165, 1.54) is 6.21 Å². The molecular formula is C14H16BrN5O2. The maximum absolute atomic E-state index is 11.9. The number of benzene rings is 1. The summed E-state index contributed by atoms with van der Waals surface area (Å²) in [6.07, 6.45) is 1.41. The van der Waals surface area contributed by atoms with Crippen LogP contribution in [0.15, 0.2) is 32.6 Å². The normalized spacial score (nSPS) is 11.8. The second-order valence-corrected chi connectivity index (χ2v) is 6.59. The van der Waals surface area contributed by atoms with Gasteiger partial charge < -0.3 is 5.11 Å². The van der Waals surface area contributed by atoms with E-state index in [1.807, 2.05) is 20.8 Å². The lowest BCUT2D eigenvalue weighted by atomic mass is 9.93. The number of halogens is 1. The summed E-state index contributed by atoms with van der Waals surface area (Å²) in [5.41, 5.74) is 2.74. The molecule has 0 saturated carbocycles. The summed E-state index contributed by atoms with van der Waals surface area (Å²) in [6.45, 7) is 5.65. The van der Waals surface area contributed by atoms with Crippen molar-refractivity contribution in [2.24, 2.45) is 5.10 Å². The molecule has 7 nitrogen and oxygen atoms in total. The van der Waals surface area contributed by atoms with Crippen LogP contribution < -0.4 is 11.0 Å². The Morgan fingerprint density at radius 3 is 2.73 bits per heavy atom. The van der Waals surface area contributed by atoms with Crippen molar-refractivity contribution in [2.45, 2.75) is 26.2 Å². The first kappa shape index (κ1) is 16.2. The van der Waals surface area contributed by atoms with Gasteiger partial charge in [-0.15, -0.1) is 10.2 Å².